The highest BCUT2D eigenvalue weighted by Gasteiger charge is 2.01. The van der Waals surface area contributed by atoms with Crippen molar-refractivity contribution in [2.45, 2.75) is 19.8 Å². The third kappa shape index (κ3) is 3.27. The summed E-state index contributed by atoms with van der Waals surface area (Å²) in [6.45, 7) is 2.07. The largest absolute Gasteiger partial charge is 0.508 e. The van der Waals surface area contributed by atoms with Crippen molar-refractivity contribution < 1.29 is 9.84 Å². The molecule has 0 fully saturated rings. The van der Waals surface area contributed by atoms with Crippen LogP contribution in [0.25, 0.3) is 0 Å². The van der Waals surface area contributed by atoms with Gasteiger partial charge in [-0.2, -0.15) is 0 Å². The molecule has 18 heavy (non-hydrogen) atoms. The molecule has 2 aromatic carbocycles. The van der Waals surface area contributed by atoms with Gasteiger partial charge in [0.2, 0.25) is 0 Å². The molecule has 2 nitrogen and oxygen atoms in total. The monoisotopic (exact) mass is 242 g/mol. The van der Waals surface area contributed by atoms with Gasteiger partial charge in [0.05, 0.1) is 7.11 Å². The van der Waals surface area contributed by atoms with Gasteiger partial charge in [-0.05, 0) is 60.7 Å². The quantitative estimate of drug-likeness (QED) is 0.889. The molecular weight excluding hydrogens is 224 g/mol. The van der Waals surface area contributed by atoms with Gasteiger partial charge in [0.25, 0.3) is 0 Å². The summed E-state index contributed by atoms with van der Waals surface area (Å²) < 4.78 is 5.27. The van der Waals surface area contributed by atoms with Crippen LogP contribution in [0.5, 0.6) is 11.5 Å². The lowest BCUT2D eigenvalue weighted by Gasteiger charge is -2.07. The molecule has 0 aliphatic carbocycles. The highest BCUT2D eigenvalue weighted by atomic mass is 16.5. The van der Waals surface area contributed by atoms with E-state index in [2.05, 4.69) is 19.1 Å². The molecule has 2 aromatic rings. The maximum atomic E-state index is 9.42. The zero-order chi connectivity index (χ0) is 13.0. The Morgan fingerprint density at radius 2 is 1.78 bits per heavy atom. The van der Waals surface area contributed by atoms with E-state index in [9.17, 15) is 5.11 Å². The van der Waals surface area contributed by atoms with Crippen LogP contribution in [0.2, 0.25) is 0 Å². The number of benzene rings is 2. The number of methoxy groups -OCH3 is 1. The summed E-state index contributed by atoms with van der Waals surface area (Å²) in [6.07, 6.45) is 1.86. The maximum Gasteiger partial charge on any atom is 0.119 e. The molecule has 0 aromatic heterocycles. The van der Waals surface area contributed by atoms with E-state index in [4.69, 9.17) is 4.74 Å². The second kappa shape index (κ2) is 5.58. The van der Waals surface area contributed by atoms with Gasteiger partial charge < -0.3 is 9.84 Å². The summed E-state index contributed by atoms with van der Waals surface area (Å²) in [5, 5.41) is 9.42. The molecule has 0 amide bonds. The first-order valence-electron chi connectivity index (χ1n) is 6.10. The van der Waals surface area contributed by atoms with Crippen LogP contribution in [0.3, 0.4) is 0 Å². The van der Waals surface area contributed by atoms with Crippen molar-refractivity contribution in [2.75, 3.05) is 7.11 Å². The van der Waals surface area contributed by atoms with Crippen LogP contribution >= 0.6 is 0 Å². The fourth-order valence-corrected chi connectivity index (χ4v) is 2.09. The number of hydrogen-bond donors (Lipinski definition) is 1. The van der Waals surface area contributed by atoms with Crippen LogP contribution in [0.4, 0.5) is 0 Å². The van der Waals surface area contributed by atoms with E-state index in [-0.39, 0.29) is 0 Å². The molecule has 0 saturated heterocycles. The summed E-state index contributed by atoms with van der Waals surface area (Å²) in [6, 6.07) is 13.7. The van der Waals surface area contributed by atoms with Gasteiger partial charge in [-0.3, -0.25) is 0 Å². The Morgan fingerprint density at radius 1 is 1.00 bits per heavy atom. The van der Waals surface area contributed by atoms with Crippen LogP contribution in [-0.2, 0) is 12.8 Å². The van der Waals surface area contributed by atoms with Gasteiger partial charge in [0, 0.05) is 0 Å². The minimum Gasteiger partial charge on any atom is -0.508 e. The molecule has 0 bridgehead atoms. The zero-order valence-electron chi connectivity index (χ0n) is 10.8. The number of phenols is 1. The topological polar surface area (TPSA) is 29.5 Å². The zero-order valence-corrected chi connectivity index (χ0v) is 10.8. The molecule has 1 N–H and O–H groups in total. The van der Waals surface area contributed by atoms with Crippen molar-refractivity contribution in [3.05, 3.63) is 59.2 Å². The Morgan fingerprint density at radius 3 is 2.50 bits per heavy atom. The summed E-state index contributed by atoms with van der Waals surface area (Å²) in [7, 11) is 1.69. The molecule has 94 valence electrons. The Kier molecular flexibility index (Phi) is 3.88. The smallest absolute Gasteiger partial charge is 0.119 e. The normalized spacial score (nSPS) is 10.3. The van der Waals surface area contributed by atoms with Gasteiger partial charge in [0.1, 0.15) is 11.5 Å². The van der Waals surface area contributed by atoms with Crippen LogP contribution < -0.4 is 4.74 Å². The van der Waals surface area contributed by atoms with E-state index in [1.807, 2.05) is 24.3 Å². The second-order valence-electron chi connectivity index (χ2n) is 4.53. The lowest BCUT2D eigenvalue weighted by atomic mass is 10.0. The number of hydrogen-bond acceptors (Lipinski definition) is 2. The molecular formula is C16H18O2. The van der Waals surface area contributed by atoms with Crippen LogP contribution in [0, 0.1) is 6.92 Å². The molecule has 0 atom stereocenters. The van der Waals surface area contributed by atoms with E-state index in [0.717, 1.165) is 24.2 Å². The minimum atomic E-state index is 0.328. The number of aryl methyl sites for hydroxylation is 3. The second-order valence-corrected chi connectivity index (χ2v) is 4.53. The molecule has 0 saturated carbocycles. The fourth-order valence-electron chi connectivity index (χ4n) is 2.09. The van der Waals surface area contributed by atoms with E-state index >= 15 is 0 Å². The van der Waals surface area contributed by atoms with E-state index in [1.165, 1.54) is 11.1 Å². The lowest BCUT2D eigenvalue weighted by molar-refractivity contribution is 0.414. The van der Waals surface area contributed by atoms with Crippen molar-refractivity contribution >= 4 is 0 Å². The molecule has 2 rings (SSSR count). The van der Waals surface area contributed by atoms with Gasteiger partial charge >= 0.3 is 0 Å². The van der Waals surface area contributed by atoms with E-state index in [0.29, 0.717) is 5.75 Å². The summed E-state index contributed by atoms with van der Waals surface area (Å²) >= 11 is 0. The summed E-state index contributed by atoms with van der Waals surface area (Å²) in [5.74, 6) is 1.23. The average Bonchev–Trinajstić information content (AvgIpc) is 2.36. The van der Waals surface area contributed by atoms with Crippen molar-refractivity contribution in [3.8, 4) is 11.5 Å². The maximum absolute atomic E-state index is 9.42. The number of rotatable bonds is 4. The molecule has 0 heterocycles. The Balaban J connectivity index is 2.08. The molecule has 0 unspecified atom stereocenters. The average molecular weight is 242 g/mol. The Labute approximate surface area is 108 Å². The first kappa shape index (κ1) is 12.5. The molecule has 2 heteroatoms. The van der Waals surface area contributed by atoms with Gasteiger partial charge in [-0.25, -0.2) is 0 Å². The van der Waals surface area contributed by atoms with Crippen molar-refractivity contribution in [1.82, 2.24) is 0 Å². The van der Waals surface area contributed by atoms with E-state index < -0.39 is 0 Å². The molecule has 0 aliphatic rings. The highest BCUT2D eigenvalue weighted by molar-refractivity contribution is 5.35. The third-order valence-electron chi connectivity index (χ3n) is 2.96. The predicted molar refractivity (Wildman–Crippen MR) is 73.2 cm³/mol. The molecule has 0 radical (unpaired) electrons. The van der Waals surface area contributed by atoms with Crippen LogP contribution in [0.15, 0.2) is 42.5 Å². The lowest BCUT2D eigenvalue weighted by Crippen LogP contribution is -1.93. The van der Waals surface area contributed by atoms with Gasteiger partial charge in [-0.15, -0.1) is 0 Å². The standard InChI is InChI=1S/C16H18O2/c1-12-8-14(11-16(9-12)18-2)7-6-13-4-3-5-15(17)10-13/h3-5,8-11,17H,6-7H2,1-2H3. The molecule has 0 spiro atoms. The number of phenolic OH excluding ortho intramolecular Hbond substituents is 1. The Hall–Kier alpha value is -1.96. The van der Waals surface area contributed by atoms with Crippen molar-refractivity contribution in [3.63, 3.8) is 0 Å². The van der Waals surface area contributed by atoms with Crippen molar-refractivity contribution in [1.29, 1.82) is 0 Å². The third-order valence-corrected chi connectivity index (χ3v) is 2.96. The highest BCUT2D eigenvalue weighted by Crippen LogP contribution is 2.19. The Bertz CT molecular complexity index is 532. The van der Waals surface area contributed by atoms with Gasteiger partial charge in [-0.1, -0.05) is 18.2 Å². The van der Waals surface area contributed by atoms with Crippen LogP contribution in [0.1, 0.15) is 16.7 Å². The summed E-state index contributed by atoms with van der Waals surface area (Å²) in [4.78, 5) is 0. The fraction of sp³-hybridized carbons (Fsp3) is 0.250. The molecule has 0 aliphatic heterocycles. The van der Waals surface area contributed by atoms with Crippen molar-refractivity contribution in [2.24, 2.45) is 0 Å². The SMILES string of the molecule is COc1cc(C)cc(CCc2cccc(O)c2)c1. The summed E-state index contributed by atoms with van der Waals surface area (Å²) in [5.41, 5.74) is 3.62. The van der Waals surface area contributed by atoms with E-state index in [1.54, 1.807) is 13.2 Å². The van der Waals surface area contributed by atoms with Crippen LogP contribution in [-0.4, -0.2) is 12.2 Å². The minimum absolute atomic E-state index is 0.328. The predicted octanol–water partition coefficient (Wildman–Crippen LogP) is 3.49. The first-order chi connectivity index (χ1) is 8.67. The first-order valence-corrected chi connectivity index (χ1v) is 6.10. The number of ether oxygens (including phenoxy) is 1. The van der Waals surface area contributed by atoms with Gasteiger partial charge in [0.15, 0.2) is 0 Å². The number of aromatic hydroxyl groups is 1.